The summed E-state index contributed by atoms with van der Waals surface area (Å²) in [6, 6.07) is 5.24. The SMILES string of the molecule is O=C(O)[C@H](F)Cc1cccc(F)c1. The zero-order chi connectivity index (χ0) is 9.84. The standard InChI is InChI=1S/C9H8F2O2/c10-7-3-1-2-6(4-7)5-8(11)9(12)13/h1-4,8H,5H2,(H,12,13)/t8-/m1/s1. The van der Waals surface area contributed by atoms with E-state index in [2.05, 4.69) is 0 Å². The lowest BCUT2D eigenvalue weighted by atomic mass is 10.1. The predicted molar refractivity (Wildman–Crippen MR) is 42.6 cm³/mol. The topological polar surface area (TPSA) is 37.3 Å². The molecule has 0 bridgehead atoms. The van der Waals surface area contributed by atoms with Gasteiger partial charge in [0, 0.05) is 6.42 Å². The van der Waals surface area contributed by atoms with Gasteiger partial charge in [-0.25, -0.2) is 13.6 Å². The first-order valence-corrected chi connectivity index (χ1v) is 3.71. The van der Waals surface area contributed by atoms with E-state index in [9.17, 15) is 13.6 Å². The largest absolute Gasteiger partial charge is 0.479 e. The van der Waals surface area contributed by atoms with Gasteiger partial charge in [0.1, 0.15) is 5.82 Å². The lowest BCUT2D eigenvalue weighted by molar-refractivity contribution is -0.142. The fraction of sp³-hybridized carbons (Fsp3) is 0.222. The summed E-state index contributed by atoms with van der Waals surface area (Å²) in [6.45, 7) is 0. The minimum atomic E-state index is -1.97. The average molecular weight is 186 g/mol. The minimum absolute atomic E-state index is 0.299. The van der Waals surface area contributed by atoms with Crippen LogP contribution >= 0.6 is 0 Å². The fourth-order valence-electron chi connectivity index (χ4n) is 0.958. The average Bonchev–Trinajstić information content (AvgIpc) is 2.04. The number of benzene rings is 1. The molecule has 0 amide bonds. The molecule has 0 aromatic heterocycles. The molecule has 0 saturated heterocycles. The van der Waals surface area contributed by atoms with Crippen molar-refractivity contribution in [1.29, 1.82) is 0 Å². The monoisotopic (exact) mass is 186 g/mol. The first-order valence-electron chi connectivity index (χ1n) is 3.71. The van der Waals surface area contributed by atoms with Crippen LogP contribution in [-0.4, -0.2) is 17.2 Å². The van der Waals surface area contributed by atoms with Gasteiger partial charge in [0.15, 0.2) is 0 Å². The molecule has 1 aromatic rings. The molecule has 0 unspecified atom stereocenters. The van der Waals surface area contributed by atoms with E-state index >= 15 is 0 Å². The first kappa shape index (κ1) is 9.64. The zero-order valence-corrected chi connectivity index (χ0v) is 6.71. The van der Waals surface area contributed by atoms with Gasteiger partial charge < -0.3 is 5.11 Å². The van der Waals surface area contributed by atoms with Gasteiger partial charge >= 0.3 is 5.97 Å². The summed E-state index contributed by atoms with van der Waals surface area (Å²) in [5.41, 5.74) is 0.343. The quantitative estimate of drug-likeness (QED) is 0.781. The van der Waals surface area contributed by atoms with Crippen LogP contribution in [0.5, 0.6) is 0 Å². The lowest BCUT2D eigenvalue weighted by Gasteiger charge is -2.02. The molecule has 0 heterocycles. The molecule has 0 spiro atoms. The molecule has 2 nitrogen and oxygen atoms in total. The van der Waals surface area contributed by atoms with Crippen molar-refractivity contribution >= 4 is 5.97 Å². The van der Waals surface area contributed by atoms with E-state index in [1.807, 2.05) is 0 Å². The maximum Gasteiger partial charge on any atom is 0.338 e. The molecule has 0 radical (unpaired) electrons. The summed E-state index contributed by atoms with van der Waals surface area (Å²) in [4.78, 5) is 10.1. The highest BCUT2D eigenvalue weighted by atomic mass is 19.1. The molecule has 0 aliphatic carbocycles. The van der Waals surface area contributed by atoms with Crippen molar-refractivity contribution in [1.82, 2.24) is 0 Å². The Kier molecular flexibility index (Phi) is 2.95. The molecule has 0 aliphatic rings. The molecule has 13 heavy (non-hydrogen) atoms. The highest BCUT2D eigenvalue weighted by molar-refractivity contribution is 5.72. The molecule has 0 fully saturated rings. The number of carboxylic acid groups (broad SMARTS) is 1. The van der Waals surface area contributed by atoms with Crippen LogP contribution in [0.3, 0.4) is 0 Å². The molecule has 0 aliphatic heterocycles. The normalized spacial score (nSPS) is 12.5. The second-order valence-electron chi connectivity index (χ2n) is 2.64. The van der Waals surface area contributed by atoms with Gasteiger partial charge in [0.25, 0.3) is 0 Å². The van der Waals surface area contributed by atoms with Crippen LogP contribution < -0.4 is 0 Å². The summed E-state index contributed by atoms with van der Waals surface area (Å²) in [7, 11) is 0. The van der Waals surface area contributed by atoms with Gasteiger partial charge in [-0.3, -0.25) is 0 Å². The van der Waals surface area contributed by atoms with Crippen molar-refractivity contribution in [2.45, 2.75) is 12.6 Å². The van der Waals surface area contributed by atoms with E-state index in [-0.39, 0.29) is 6.42 Å². The highest BCUT2D eigenvalue weighted by Gasteiger charge is 2.15. The van der Waals surface area contributed by atoms with E-state index in [4.69, 9.17) is 5.11 Å². The number of hydrogen-bond donors (Lipinski definition) is 1. The van der Waals surface area contributed by atoms with Crippen LogP contribution in [0.15, 0.2) is 24.3 Å². The molecular weight excluding hydrogens is 178 g/mol. The molecule has 1 atom stereocenters. The summed E-state index contributed by atoms with van der Waals surface area (Å²) in [5.74, 6) is -2.01. The smallest absolute Gasteiger partial charge is 0.338 e. The van der Waals surface area contributed by atoms with E-state index < -0.39 is 18.0 Å². The fourth-order valence-corrected chi connectivity index (χ4v) is 0.958. The van der Waals surface area contributed by atoms with Crippen molar-refractivity contribution in [3.8, 4) is 0 Å². The minimum Gasteiger partial charge on any atom is -0.479 e. The lowest BCUT2D eigenvalue weighted by Crippen LogP contribution is -2.17. The number of carbonyl (C=O) groups is 1. The molecule has 1 aromatic carbocycles. The Morgan fingerprint density at radius 1 is 1.54 bits per heavy atom. The van der Waals surface area contributed by atoms with E-state index in [0.29, 0.717) is 5.56 Å². The number of hydrogen-bond acceptors (Lipinski definition) is 1. The highest BCUT2D eigenvalue weighted by Crippen LogP contribution is 2.08. The third-order valence-corrected chi connectivity index (χ3v) is 1.57. The van der Waals surface area contributed by atoms with Gasteiger partial charge in [-0.15, -0.1) is 0 Å². The number of aliphatic carboxylic acids is 1. The summed E-state index contributed by atoms with van der Waals surface area (Å²) in [5, 5.41) is 8.24. The number of carboxylic acids is 1. The summed E-state index contributed by atoms with van der Waals surface area (Å²) < 4.78 is 25.2. The Labute approximate surface area is 73.8 Å². The van der Waals surface area contributed by atoms with Crippen LogP contribution in [0, 0.1) is 5.82 Å². The van der Waals surface area contributed by atoms with E-state index in [1.165, 1.54) is 18.2 Å². The molecule has 0 saturated carbocycles. The van der Waals surface area contributed by atoms with Gasteiger partial charge in [0.2, 0.25) is 6.17 Å². The first-order chi connectivity index (χ1) is 6.09. The second kappa shape index (κ2) is 3.98. The Bertz CT molecular complexity index is 312. The third kappa shape index (κ3) is 2.82. The Balaban J connectivity index is 2.69. The van der Waals surface area contributed by atoms with Crippen molar-refractivity contribution < 1.29 is 18.7 Å². The van der Waals surface area contributed by atoms with Crippen molar-refractivity contribution in [3.05, 3.63) is 35.6 Å². The van der Waals surface area contributed by atoms with E-state index in [1.54, 1.807) is 0 Å². The molecule has 4 heteroatoms. The Morgan fingerprint density at radius 3 is 2.77 bits per heavy atom. The zero-order valence-electron chi connectivity index (χ0n) is 6.71. The van der Waals surface area contributed by atoms with Crippen LogP contribution in [0.1, 0.15) is 5.56 Å². The number of rotatable bonds is 3. The predicted octanol–water partition coefficient (Wildman–Crippen LogP) is 1.79. The number of halogens is 2. The second-order valence-corrected chi connectivity index (χ2v) is 2.64. The van der Waals surface area contributed by atoms with Crippen molar-refractivity contribution in [2.75, 3.05) is 0 Å². The van der Waals surface area contributed by atoms with Crippen LogP contribution in [0.25, 0.3) is 0 Å². The van der Waals surface area contributed by atoms with Gasteiger partial charge in [-0.1, -0.05) is 12.1 Å². The van der Waals surface area contributed by atoms with Crippen molar-refractivity contribution in [3.63, 3.8) is 0 Å². The Morgan fingerprint density at radius 2 is 2.23 bits per heavy atom. The maximum absolute atomic E-state index is 12.6. The van der Waals surface area contributed by atoms with Crippen LogP contribution in [-0.2, 0) is 11.2 Å². The molecule has 70 valence electrons. The summed E-state index contributed by atoms with van der Waals surface area (Å²) >= 11 is 0. The van der Waals surface area contributed by atoms with Crippen LogP contribution in [0.4, 0.5) is 8.78 Å². The third-order valence-electron chi connectivity index (χ3n) is 1.57. The maximum atomic E-state index is 12.6. The van der Waals surface area contributed by atoms with Crippen molar-refractivity contribution in [2.24, 2.45) is 0 Å². The number of alkyl halides is 1. The molecule has 1 N–H and O–H groups in total. The van der Waals surface area contributed by atoms with Gasteiger partial charge in [0.05, 0.1) is 0 Å². The van der Waals surface area contributed by atoms with Gasteiger partial charge in [-0.2, -0.15) is 0 Å². The molecule has 1 rings (SSSR count). The van der Waals surface area contributed by atoms with Gasteiger partial charge in [-0.05, 0) is 17.7 Å². The molecular formula is C9H8F2O2. The Hall–Kier alpha value is -1.45. The summed E-state index contributed by atoms with van der Waals surface area (Å²) in [6.07, 6.45) is -2.27. The van der Waals surface area contributed by atoms with Crippen LogP contribution in [0.2, 0.25) is 0 Å². The van der Waals surface area contributed by atoms with E-state index in [0.717, 1.165) is 6.07 Å².